The van der Waals surface area contributed by atoms with Gasteiger partial charge in [0.1, 0.15) is 5.75 Å². The Kier molecular flexibility index (Phi) is 4.21. The van der Waals surface area contributed by atoms with E-state index >= 15 is 0 Å². The normalized spacial score (nSPS) is 10.4. The van der Waals surface area contributed by atoms with Crippen LogP contribution in [0.3, 0.4) is 0 Å². The second-order valence-electron chi connectivity index (χ2n) is 4.20. The third kappa shape index (κ3) is 3.57. The lowest BCUT2D eigenvalue weighted by Crippen LogP contribution is -2.27. The second kappa shape index (κ2) is 5.88. The molecule has 0 bridgehead atoms. The predicted molar refractivity (Wildman–Crippen MR) is 75.1 cm³/mol. The Balaban J connectivity index is 1.89. The lowest BCUT2D eigenvalue weighted by atomic mass is 10.2. The summed E-state index contributed by atoms with van der Waals surface area (Å²) in [6, 6.07) is 4.72. The fourth-order valence-electron chi connectivity index (χ4n) is 1.63. The van der Waals surface area contributed by atoms with Crippen LogP contribution in [0.5, 0.6) is 5.75 Å². The molecule has 2 rings (SSSR count). The first-order valence-electron chi connectivity index (χ1n) is 5.82. The Bertz CT molecular complexity index is 595. The highest BCUT2D eigenvalue weighted by atomic mass is 79.9. The third-order valence-corrected chi connectivity index (χ3v) is 3.27. The highest BCUT2D eigenvalue weighted by molar-refractivity contribution is 9.10. The third-order valence-electron chi connectivity index (χ3n) is 2.60. The van der Waals surface area contributed by atoms with Crippen LogP contribution >= 0.6 is 15.9 Å². The Morgan fingerprint density at radius 2 is 2.32 bits per heavy atom. The molecule has 0 spiro atoms. The van der Waals surface area contributed by atoms with Crippen molar-refractivity contribution in [1.82, 2.24) is 15.1 Å². The van der Waals surface area contributed by atoms with Crippen LogP contribution in [-0.4, -0.2) is 27.3 Å². The number of nitrogens with one attached hydrogen (secondary N) is 1. The van der Waals surface area contributed by atoms with E-state index in [2.05, 4.69) is 26.3 Å². The summed E-state index contributed by atoms with van der Waals surface area (Å²) in [6.07, 6.45) is 3.69. The number of aromatic hydroxyl groups is 1. The number of hydrogen-bond donors (Lipinski definition) is 2. The fourth-order valence-corrected chi connectivity index (χ4v) is 1.88. The van der Waals surface area contributed by atoms with E-state index in [1.54, 1.807) is 23.0 Å². The smallest absolute Gasteiger partial charge is 0.251 e. The van der Waals surface area contributed by atoms with Crippen LogP contribution in [0.15, 0.2) is 35.1 Å². The Morgan fingerprint density at radius 1 is 1.53 bits per heavy atom. The summed E-state index contributed by atoms with van der Waals surface area (Å²) < 4.78 is 2.34. The number of benzene rings is 1. The first kappa shape index (κ1) is 13.6. The molecule has 1 amide bonds. The topological polar surface area (TPSA) is 67.2 Å². The van der Waals surface area contributed by atoms with Crippen molar-refractivity contribution in [2.75, 3.05) is 6.54 Å². The van der Waals surface area contributed by atoms with E-state index in [0.717, 1.165) is 5.56 Å². The van der Waals surface area contributed by atoms with Crippen LogP contribution in [0.4, 0.5) is 0 Å². The molecule has 6 heteroatoms. The van der Waals surface area contributed by atoms with Gasteiger partial charge in [-0.3, -0.25) is 9.48 Å². The van der Waals surface area contributed by atoms with E-state index in [9.17, 15) is 9.90 Å². The zero-order valence-corrected chi connectivity index (χ0v) is 12.0. The molecule has 0 saturated heterocycles. The molecule has 0 aliphatic rings. The molecule has 0 atom stereocenters. The number of phenols is 1. The molecule has 100 valence electrons. The predicted octanol–water partition coefficient (Wildman–Crippen LogP) is 2.09. The summed E-state index contributed by atoms with van der Waals surface area (Å²) in [7, 11) is 0. The van der Waals surface area contributed by atoms with E-state index in [1.165, 1.54) is 6.07 Å². The molecule has 0 unspecified atom stereocenters. The molecular weight excluding hydrogens is 310 g/mol. The van der Waals surface area contributed by atoms with Crippen LogP contribution < -0.4 is 5.32 Å². The quantitative estimate of drug-likeness (QED) is 0.905. The van der Waals surface area contributed by atoms with Gasteiger partial charge in [-0.2, -0.15) is 5.10 Å². The Morgan fingerprint density at radius 3 is 2.95 bits per heavy atom. The first-order valence-corrected chi connectivity index (χ1v) is 6.61. The number of carbonyl (C=O) groups excluding carboxylic acids is 1. The van der Waals surface area contributed by atoms with Gasteiger partial charge in [0.05, 0.1) is 17.2 Å². The first-order chi connectivity index (χ1) is 9.06. The van der Waals surface area contributed by atoms with Gasteiger partial charge in [-0.1, -0.05) is 0 Å². The van der Waals surface area contributed by atoms with Gasteiger partial charge in [-0.15, -0.1) is 0 Å². The van der Waals surface area contributed by atoms with Gasteiger partial charge in [0, 0.05) is 18.3 Å². The average molecular weight is 324 g/mol. The summed E-state index contributed by atoms with van der Waals surface area (Å²) >= 11 is 3.17. The molecule has 0 saturated carbocycles. The van der Waals surface area contributed by atoms with Gasteiger partial charge in [-0.05, 0) is 46.6 Å². The zero-order valence-electron chi connectivity index (χ0n) is 10.4. The number of carbonyl (C=O) groups is 1. The monoisotopic (exact) mass is 323 g/mol. The highest BCUT2D eigenvalue weighted by Crippen LogP contribution is 2.24. The zero-order chi connectivity index (χ0) is 13.8. The largest absolute Gasteiger partial charge is 0.507 e. The SMILES string of the molecule is Cc1cnn(CCNC(=O)c2ccc(Br)c(O)c2)c1. The molecule has 2 N–H and O–H groups in total. The summed E-state index contributed by atoms with van der Waals surface area (Å²) in [6.45, 7) is 3.06. The van der Waals surface area contributed by atoms with Crippen molar-refractivity contribution in [3.63, 3.8) is 0 Å². The van der Waals surface area contributed by atoms with Gasteiger partial charge >= 0.3 is 0 Å². The van der Waals surface area contributed by atoms with E-state index in [4.69, 9.17) is 0 Å². The van der Waals surface area contributed by atoms with Crippen molar-refractivity contribution in [2.24, 2.45) is 0 Å². The van der Waals surface area contributed by atoms with Crippen LogP contribution in [0, 0.1) is 6.92 Å². The van der Waals surface area contributed by atoms with Crippen molar-refractivity contribution in [2.45, 2.75) is 13.5 Å². The number of hydrogen-bond acceptors (Lipinski definition) is 3. The summed E-state index contributed by atoms with van der Waals surface area (Å²) in [5, 5.41) is 16.4. The minimum absolute atomic E-state index is 0.0513. The Hall–Kier alpha value is -1.82. The molecule has 0 fully saturated rings. The van der Waals surface area contributed by atoms with Crippen molar-refractivity contribution >= 4 is 21.8 Å². The van der Waals surface area contributed by atoms with E-state index in [1.807, 2.05) is 13.1 Å². The molecule has 0 radical (unpaired) electrons. The molecule has 0 aliphatic heterocycles. The number of aryl methyl sites for hydroxylation is 1. The summed E-state index contributed by atoms with van der Waals surface area (Å²) in [5.74, 6) is -0.165. The van der Waals surface area contributed by atoms with Crippen LogP contribution in [0.25, 0.3) is 0 Å². The number of phenolic OH excluding ortho intramolecular Hbond substituents is 1. The number of nitrogens with zero attached hydrogens (tertiary/aromatic N) is 2. The molecule has 1 aromatic heterocycles. The highest BCUT2D eigenvalue weighted by Gasteiger charge is 2.07. The van der Waals surface area contributed by atoms with Crippen molar-refractivity contribution in [3.8, 4) is 5.75 Å². The lowest BCUT2D eigenvalue weighted by Gasteiger charge is -2.06. The number of aromatic nitrogens is 2. The molecule has 0 aliphatic carbocycles. The number of amides is 1. The second-order valence-corrected chi connectivity index (χ2v) is 5.06. The van der Waals surface area contributed by atoms with Gasteiger partial charge in [0.25, 0.3) is 5.91 Å². The minimum Gasteiger partial charge on any atom is -0.507 e. The van der Waals surface area contributed by atoms with Crippen molar-refractivity contribution in [1.29, 1.82) is 0 Å². The van der Waals surface area contributed by atoms with Crippen LogP contribution in [0.2, 0.25) is 0 Å². The van der Waals surface area contributed by atoms with Crippen LogP contribution in [-0.2, 0) is 6.54 Å². The van der Waals surface area contributed by atoms with Gasteiger partial charge in [-0.25, -0.2) is 0 Å². The van der Waals surface area contributed by atoms with Crippen molar-refractivity contribution < 1.29 is 9.90 Å². The maximum absolute atomic E-state index is 11.8. The van der Waals surface area contributed by atoms with E-state index in [0.29, 0.717) is 23.1 Å². The summed E-state index contributed by atoms with van der Waals surface area (Å²) in [4.78, 5) is 11.8. The van der Waals surface area contributed by atoms with E-state index < -0.39 is 0 Å². The maximum atomic E-state index is 11.8. The van der Waals surface area contributed by atoms with Crippen LogP contribution in [0.1, 0.15) is 15.9 Å². The lowest BCUT2D eigenvalue weighted by molar-refractivity contribution is 0.0951. The molecule has 1 heterocycles. The Labute approximate surface area is 119 Å². The van der Waals surface area contributed by atoms with Crippen molar-refractivity contribution in [3.05, 3.63) is 46.2 Å². The standard InChI is InChI=1S/C13H14BrN3O2/c1-9-7-16-17(8-9)5-4-15-13(19)10-2-3-11(14)12(18)6-10/h2-3,6-8,18H,4-5H2,1H3,(H,15,19). The molecule has 19 heavy (non-hydrogen) atoms. The number of rotatable bonds is 4. The fraction of sp³-hybridized carbons (Fsp3) is 0.231. The average Bonchev–Trinajstić information content (AvgIpc) is 2.78. The molecular formula is C13H14BrN3O2. The van der Waals surface area contributed by atoms with Gasteiger partial charge < -0.3 is 10.4 Å². The summed E-state index contributed by atoms with van der Waals surface area (Å²) in [5.41, 5.74) is 1.52. The van der Waals surface area contributed by atoms with Gasteiger partial charge in [0.15, 0.2) is 0 Å². The number of halogens is 1. The molecule has 5 nitrogen and oxygen atoms in total. The van der Waals surface area contributed by atoms with Gasteiger partial charge in [0.2, 0.25) is 0 Å². The van der Waals surface area contributed by atoms with E-state index in [-0.39, 0.29) is 11.7 Å². The molecule has 2 aromatic rings. The molecule has 1 aromatic carbocycles. The minimum atomic E-state index is -0.216. The maximum Gasteiger partial charge on any atom is 0.251 e.